The summed E-state index contributed by atoms with van der Waals surface area (Å²) in [6, 6.07) is 8.89. The molecule has 4 nitrogen and oxygen atoms in total. The molecule has 0 amide bonds. The van der Waals surface area contributed by atoms with Crippen molar-refractivity contribution in [1.29, 1.82) is 0 Å². The van der Waals surface area contributed by atoms with Crippen molar-refractivity contribution in [2.24, 2.45) is 0 Å². The van der Waals surface area contributed by atoms with Crippen molar-refractivity contribution in [3.8, 4) is 10.7 Å². The van der Waals surface area contributed by atoms with E-state index in [4.69, 9.17) is 4.98 Å². The molecule has 1 fully saturated rings. The molecule has 3 aromatic heterocycles. The van der Waals surface area contributed by atoms with Gasteiger partial charge in [0.25, 0.3) is 0 Å². The van der Waals surface area contributed by atoms with Crippen LogP contribution in [0.3, 0.4) is 0 Å². The summed E-state index contributed by atoms with van der Waals surface area (Å²) >= 11 is 1.81. The third-order valence-corrected chi connectivity index (χ3v) is 5.46. The van der Waals surface area contributed by atoms with Crippen LogP contribution in [0.1, 0.15) is 23.8 Å². The van der Waals surface area contributed by atoms with E-state index in [0.29, 0.717) is 6.04 Å². The number of hydrogen-bond donors (Lipinski definition) is 0. The van der Waals surface area contributed by atoms with E-state index in [0.717, 1.165) is 42.9 Å². The molecule has 22 heavy (non-hydrogen) atoms. The highest BCUT2D eigenvalue weighted by molar-refractivity contribution is 7.15. The van der Waals surface area contributed by atoms with Gasteiger partial charge in [-0.05, 0) is 64.2 Å². The van der Waals surface area contributed by atoms with Crippen molar-refractivity contribution in [1.82, 2.24) is 19.4 Å². The number of pyridine rings is 1. The Kier molecular flexibility index (Phi) is 3.47. The lowest BCUT2D eigenvalue weighted by molar-refractivity contribution is 0.224. The number of fused-ring (bicyclic) bond motifs is 1. The van der Waals surface area contributed by atoms with Crippen LogP contribution in [0.25, 0.3) is 21.9 Å². The van der Waals surface area contributed by atoms with E-state index < -0.39 is 0 Å². The second-order valence-electron chi connectivity index (χ2n) is 6.10. The Labute approximate surface area is 134 Å². The highest BCUT2D eigenvalue weighted by Gasteiger charge is 2.24. The summed E-state index contributed by atoms with van der Waals surface area (Å²) in [6.45, 7) is 4.43. The maximum Gasteiger partial charge on any atom is 0.160 e. The van der Waals surface area contributed by atoms with Gasteiger partial charge in [0, 0.05) is 17.1 Å². The number of aromatic nitrogens is 3. The molecule has 1 saturated heterocycles. The Morgan fingerprint density at radius 2 is 2.00 bits per heavy atom. The first-order valence-corrected chi connectivity index (χ1v) is 8.62. The summed E-state index contributed by atoms with van der Waals surface area (Å²) in [7, 11) is 2.20. The monoisotopic (exact) mass is 312 g/mol. The minimum absolute atomic E-state index is 0.494. The summed E-state index contributed by atoms with van der Waals surface area (Å²) in [5, 5.41) is 0. The van der Waals surface area contributed by atoms with Gasteiger partial charge in [0.1, 0.15) is 5.52 Å². The van der Waals surface area contributed by atoms with Gasteiger partial charge in [-0.2, -0.15) is 0 Å². The maximum absolute atomic E-state index is 4.89. The van der Waals surface area contributed by atoms with Crippen LogP contribution in [0.4, 0.5) is 0 Å². The molecule has 0 aromatic carbocycles. The number of rotatable bonds is 2. The Hall–Kier alpha value is -1.72. The molecule has 4 heterocycles. The van der Waals surface area contributed by atoms with E-state index in [2.05, 4.69) is 46.6 Å². The van der Waals surface area contributed by atoms with Gasteiger partial charge in [-0.1, -0.05) is 0 Å². The minimum atomic E-state index is 0.494. The molecule has 0 bridgehead atoms. The lowest BCUT2D eigenvalue weighted by atomic mass is 10.1. The van der Waals surface area contributed by atoms with Crippen molar-refractivity contribution in [3.63, 3.8) is 0 Å². The zero-order valence-corrected chi connectivity index (χ0v) is 13.8. The standard InChI is InChI=1S/C17H20N4S/c1-12-5-6-15(22-12)17-19-14-4-3-9-18-16(14)21(17)13-7-10-20(2)11-8-13/h3-6,9,13H,7-8,10-11H2,1-2H3. The highest BCUT2D eigenvalue weighted by atomic mass is 32.1. The molecule has 0 unspecified atom stereocenters. The molecule has 0 N–H and O–H groups in total. The Bertz CT molecular complexity index is 796. The average Bonchev–Trinajstić information content (AvgIpc) is 3.11. The first-order chi connectivity index (χ1) is 10.7. The van der Waals surface area contributed by atoms with Crippen LogP contribution in [0.5, 0.6) is 0 Å². The number of thiophene rings is 1. The second kappa shape index (κ2) is 5.48. The molecule has 0 spiro atoms. The lowest BCUT2D eigenvalue weighted by Gasteiger charge is -2.30. The Morgan fingerprint density at radius 3 is 2.73 bits per heavy atom. The van der Waals surface area contributed by atoms with E-state index in [1.807, 2.05) is 23.6 Å². The van der Waals surface area contributed by atoms with Crippen molar-refractivity contribution in [2.75, 3.05) is 20.1 Å². The molecule has 4 rings (SSSR count). The van der Waals surface area contributed by atoms with Gasteiger partial charge in [0.15, 0.2) is 11.5 Å². The Balaban J connectivity index is 1.86. The SMILES string of the molecule is Cc1ccc(-c2nc3cccnc3n2C2CCN(C)CC2)s1. The minimum Gasteiger partial charge on any atom is -0.306 e. The third-order valence-electron chi connectivity index (χ3n) is 4.46. The predicted molar refractivity (Wildman–Crippen MR) is 91.3 cm³/mol. The molecule has 114 valence electrons. The van der Waals surface area contributed by atoms with Gasteiger partial charge in [-0.25, -0.2) is 9.97 Å². The smallest absolute Gasteiger partial charge is 0.160 e. The van der Waals surface area contributed by atoms with E-state index in [-0.39, 0.29) is 0 Å². The average molecular weight is 312 g/mol. The van der Waals surface area contributed by atoms with Gasteiger partial charge in [0.2, 0.25) is 0 Å². The number of piperidine rings is 1. The van der Waals surface area contributed by atoms with Crippen LogP contribution in [-0.4, -0.2) is 39.6 Å². The first-order valence-electron chi connectivity index (χ1n) is 7.80. The van der Waals surface area contributed by atoms with E-state index in [9.17, 15) is 0 Å². The molecular weight excluding hydrogens is 292 g/mol. The first kappa shape index (κ1) is 13.9. The van der Waals surface area contributed by atoms with Crippen molar-refractivity contribution in [3.05, 3.63) is 35.3 Å². The Morgan fingerprint density at radius 1 is 1.18 bits per heavy atom. The maximum atomic E-state index is 4.89. The summed E-state index contributed by atoms with van der Waals surface area (Å²) in [6.07, 6.45) is 4.20. The number of likely N-dealkylation sites (tertiary alicyclic amines) is 1. The van der Waals surface area contributed by atoms with E-state index in [1.165, 1.54) is 9.75 Å². The summed E-state index contributed by atoms with van der Waals surface area (Å²) in [5.41, 5.74) is 2.03. The zero-order chi connectivity index (χ0) is 15.1. The van der Waals surface area contributed by atoms with Gasteiger partial charge in [-0.3, -0.25) is 0 Å². The quantitative estimate of drug-likeness (QED) is 0.723. The van der Waals surface area contributed by atoms with E-state index >= 15 is 0 Å². The second-order valence-corrected chi connectivity index (χ2v) is 7.38. The summed E-state index contributed by atoms with van der Waals surface area (Å²) < 4.78 is 2.38. The number of aryl methyl sites for hydroxylation is 1. The van der Waals surface area contributed by atoms with Gasteiger partial charge < -0.3 is 9.47 Å². The fraction of sp³-hybridized carbons (Fsp3) is 0.412. The largest absolute Gasteiger partial charge is 0.306 e. The molecule has 0 radical (unpaired) electrons. The summed E-state index contributed by atoms with van der Waals surface area (Å²) in [4.78, 5) is 14.5. The predicted octanol–water partition coefficient (Wildman–Crippen LogP) is 3.73. The van der Waals surface area contributed by atoms with Crippen LogP contribution < -0.4 is 0 Å². The fourth-order valence-electron chi connectivity index (χ4n) is 3.26. The van der Waals surface area contributed by atoms with Crippen molar-refractivity contribution < 1.29 is 0 Å². The number of imidazole rings is 1. The molecule has 0 saturated carbocycles. The van der Waals surface area contributed by atoms with Crippen LogP contribution in [0.2, 0.25) is 0 Å². The zero-order valence-electron chi connectivity index (χ0n) is 13.0. The molecule has 5 heteroatoms. The van der Waals surface area contributed by atoms with Gasteiger partial charge in [0.05, 0.1) is 4.88 Å². The topological polar surface area (TPSA) is 34.0 Å². The normalized spacial score (nSPS) is 17.4. The fourth-order valence-corrected chi connectivity index (χ4v) is 4.11. The lowest BCUT2D eigenvalue weighted by Crippen LogP contribution is -2.31. The van der Waals surface area contributed by atoms with Crippen LogP contribution >= 0.6 is 11.3 Å². The van der Waals surface area contributed by atoms with Crippen LogP contribution in [-0.2, 0) is 0 Å². The molecular formula is C17H20N4S. The van der Waals surface area contributed by atoms with E-state index in [1.54, 1.807) is 0 Å². The van der Waals surface area contributed by atoms with Crippen molar-refractivity contribution >= 4 is 22.5 Å². The van der Waals surface area contributed by atoms with Gasteiger partial charge in [-0.15, -0.1) is 11.3 Å². The van der Waals surface area contributed by atoms with Crippen LogP contribution in [0, 0.1) is 6.92 Å². The van der Waals surface area contributed by atoms with Gasteiger partial charge >= 0.3 is 0 Å². The summed E-state index contributed by atoms with van der Waals surface area (Å²) in [5.74, 6) is 1.08. The molecule has 0 atom stereocenters. The highest BCUT2D eigenvalue weighted by Crippen LogP contribution is 2.35. The molecule has 0 aliphatic carbocycles. The number of hydrogen-bond acceptors (Lipinski definition) is 4. The molecule has 1 aliphatic heterocycles. The third kappa shape index (κ3) is 2.34. The number of nitrogens with zero attached hydrogens (tertiary/aromatic N) is 4. The van der Waals surface area contributed by atoms with Crippen LogP contribution in [0.15, 0.2) is 30.5 Å². The van der Waals surface area contributed by atoms with Crippen molar-refractivity contribution in [2.45, 2.75) is 25.8 Å². The molecule has 1 aliphatic rings. The molecule has 3 aromatic rings.